The van der Waals surface area contributed by atoms with E-state index in [1.165, 1.54) is 5.56 Å². The van der Waals surface area contributed by atoms with Crippen LogP contribution in [0.5, 0.6) is 0 Å². The largest absolute Gasteiger partial charge is 0.370 e. The molecule has 0 bridgehead atoms. The van der Waals surface area contributed by atoms with Crippen LogP contribution in [-0.2, 0) is 5.54 Å². The maximum absolute atomic E-state index is 6.04. The molecule has 0 amide bonds. The van der Waals surface area contributed by atoms with Gasteiger partial charge in [0.1, 0.15) is 0 Å². The van der Waals surface area contributed by atoms with Crippen molar-refractivity contribution in [2.24, 2.45) is 16.6 Å². The van der Waals surface area contributed by atoms with Gasteiger partial charge >= 0.3 is 0 Å². The Balaban J connectivity index is 2.35. The predicted octanol–water partition coefficient (Wildman–Crippen LogP) is 2.95. The van der Waals surface area contributed by atoms with Gasteiger partial charge in [-0.3, -0.25) is 4.99 Å². The van der Waals surface area contributed by atoms with Crippen LogP contribution in [-0.4, -0.2) is 23.9 Å². The number of nitrogens with two attached hydrogens (primary N) is 1. The minimum atomic E-state index is -0.127. The van der Waals surface area contributed by atoms with Crippen molar-refractivity contribution in [1.29, 1.82) is 0 Å². The number of guanidine groups is 1. The van der Waals surface area contributed by atoms with E-state index in [0.717, 1.165) is 17.6 Å². The normalized spacial score (nSPS) is 23.6. The van der Waals surface area contributed by atoms with Gasteiger partial charge in [-0.25, -0.2) is 0 Å². The van der Waals surface area contributed by atoms with Gasteiger partial charge in [-0.05, 0) is 30.5 Å². The van der Waals surface area contributed by atoms with E-state index in [-0.39, 0.29) is 5.54 Å². The molecule has 0 spiro atoms. The van der Waals surface area contributed by atoms with Crippen LogP contribution in [0.3, 0.4) is 0 Å². The second kappa shape index (κ2) is 4.92. The van der Waals surface area contributed by atoms with Crippen LogP contribution in [0.4, 0.5) is 0 Å². The van der Waals surface area contributed by atoms with Crippen LogP contribution in [0.25, 0.3) is 0 Å². The summed E-state index contributed by atoms with van der Waals surface area (Å²) in [5.41, 5.74) is 7.17. The van der Waals surface area contributed by atoms with E-state index in [2.05, 4.69) is 64.8 Å². The summed E-state index contributed by atoms with van der Waals surface area (Å²) in [5, 5.41) is 0. The summed E-state index contributed by atoms with van der Waals surface area (Å²) in [7, 11) is 0. The zero-order chi connectivity index (χ0) is 13.3. The highest BCUT2D eigenvalue weighted by atomic mass is 79.9. The van der Waals surface area contributed by atoms with E-state index in [9.17, 15) is 0 Å². The first kappa shape index (κ1) is 13.4. The summed E-state index contributed by atoms with van der Waals surface area (Å²) < 4.78 is 1.09. The highest BCUT2D eigenvalue weighted by molar-refractivity contribution is 9.10. The number of benzene rings is 1. The number of nitrogens with zero attached hydrogens (tertiary/aromatic N) is 2. The average molecular weight is 310 g/mol. The van der Waals surface area contributed by atoms with Gasteiger partial charge in [0.2, 0.25) is 0 Å². The second-order valence-corrected chi connectivity index (χ2v) is 6.38. The number of aliphatic imine (C=N–C) groups is 1. The van der Waals surface area contributed by atoms with Crippen LogP contribution in [0.1, 0.15) is 26.3 Å². The standard InChI is InChI=1S/C14H20BrN3/c1-10(2)8-18-13(16)17-9-14(18,3)11-5-4-6-12(15)7-11/h4-7,10H,8-9H2,1-3H3,(H2,16,17). The first-order valence-corrected chi connectivity index (χ1v) is 7.06. The highest BCUT2D eigenvalue weighted by Gasteiger charge is 2.39. The van der Waals surface area contributed by atoms with Gasteiger partial charge in [0.25, 0.3) is 0 Å². The number of rotatable bonds is 3. The summed E-state index contributed by atoms with van der Waals surface area (Å²) in [4.78, 5) is 6.66. The lowest BCUT2D eigenvalue weighted by Crippen LogP contribution is -2.49. The number of halogens is 1. The quantitative estimate of drug-likeness (QED) is 0.932. The molecule has 0 aliphatic carbocycles. The van der Waals surface area contributed by atoms with Gasteiger partial charge < -0.3 is 10.6 Å². The van der Waals surface area contributed by atoms with Crippen molar-refractivity contribution in [2.45, 2.75) is 26.3 Å². The molecule has 1 heterocycles. The van der Waals surface area contributed by atoms with Crippen LogP contribution in [0, 0.1) is 5.92 Å². The molecular formula is C14H20BrN3. The average Bonchev–Trinajstić information content (AvgIpc) is 2.58. The molecule has 1 aromatic carbocycles. The van der Waals surface area contributed by atoms with Gasteiger partial charge in [0, 0.05) is 11.0 Å². The molecule has 1 unspecified atom stereocenters. The zero-order valence-electron chi connectivity index (χ0n) is 11.2. The lowest BCUT2D eigenvalue weighted by atomic mass is 9.90. The monoisotopic (exact) mass is 309 g/mol. The topological polar surface area (TPSA) is 41.6 Å². The van der Waals surface area contributed by atoms with Crippen LogP contribution < -0.4 is 5.73 Å². The smallest absolute Gasteiger partial charge is 0.192 e. The lowest BCUT2D eigenvalue weighted by molar-refractivity contribution is 0.204. The van der Waals surface area contributed by atoms with Crippen molar-refractivity contribution in [2.75, 3.05) is 13.1 Å². The Morgan fingerprint density at radius 3 is 2.83 bits per heavy atom. The Hall–Kier alpha value is -1.03. The molecule has 2 N–H and O–H groups in total. The fourth-order valence-electron chi connectivity index (χ4n) is 2.39. The van der Waals surface area contributed by atoms with Crippen molar-refractivity contribution in [1.82, 2.24) is 4.90 Å². The molecule has 1 aromatic rings. The third kappa shape index (κ3) is 2.39. The summed E-state index contributed by atoms with van der Waals surface area (Å²) in [6.07, 6.45) is 0. The molecule has 1 atom stereocenters. The van der Waals surface area contributed by atoms with Crippen molar-refractivity contribution in [3.63, 3.8) is 0 Å². The lowest BCUT2D eigenvalue weighted by Gasteiger charge is -2.38. The first-order valence-electron chi connectivity index (χ1n) is 6.27. The van der Waals surface area contributed by atoms with Crippen LogP contribution in [0.2, 0.25) is 0 Å². The number of hydrogen-bond acceptors (Lipinski definition) is 3. The summed E-state index contributed by atoms with van der Waals surface area (Å²) in [6.45, 7) is 8.26. The summed E-state index contributed by atoms with van der Waals surface area (Å²) in [5.74, 6) is 1.22. The van der Waals surface area contributed by atoms with Crippen molar-refractivity contribution in [3.05, 3.63) is 34.3 Å². The third-order valence-corrected chi connectivity index (χ3v) is 3.91. The van der Waals surface area contributed by atoms with Crippen LogP contribution in [0.15, 0.2) is 33.7 Å². The molecule has 98 valence electrons. The molecule has 0 saturated heterocycles. The van der Waals surface area contributed by atoms with Crippen LogP contribution >= 0.6 is 15.9 Å². The Kier molecular flexibility index (Phi) is 3.66. The minimum absolute atomic E-state index is 0.127. The molecule has 2 rings (SSSR count). The molecule has 0 aromatic heterocycles. The van der Waals surface area contributed by atoms with E-state index in [4.69, 9.17) is 5.73 Å². The number of hydrogen-bond donors (Lipinski definition) is 1. The molecule has 3 nitrogen and oxygen atoms in total. The third-order valence-electron chi connectivity index (χ3n) is 3.42. The SMILES string of the molecule is CC(C)CN1C(N)=NCC1(C)c1cccc(Br)c1. The predicted molar refractivity (Wildman–Crippen MR) is 79.5 cm³/mol. The Morgan fingerprint density at radius 2 is 2.22 bits per heavy atom. The van der Waals surface area contributed by atoms with Crippen molar-refractivity contribution >= 4 is 21.9 Å². The maximum Gasteiger partial charge on any atom is 0.192 e. The molecule has 4 heteroatoms. The van der Waals surface area contributed by atoms with Gasteiger partial charge in [-0.1, -0.05) is 41.9 Å². The van der Waals surface area contributed by atoms with Gasteiger partial charge in [0.15, 0.2) is 5.96 Å². The minimum Gasteiger partial charge on any atom is -0.370 e. The van der Waals surface area contributed by atoms with Gasteiger partial charge in [0.05, 0.1) is 12.1 Å². The Labute approximate surface area is 117 Å². The first-order chi connectivity index (χ1) is 8.43. The van der Waals surface area contributed by atoms with E-state index in [1.807, 2.05) is 6.07 Å². The molecular weight excluding hydrogens is 290 g/mol. The van der Waals surface area contributed by atoms with Crippen molar-refractivity contribution in [3.8, 4) is 0 Å². The highest BCUT2D eigenvalue weighted by Crippen LogP contribution is 2.34. The molecule has 0 radical (unpaired) electrons. The second-order valence-electron chi connectivity index (χ2n) is 5.46. The molecule has 1 aliphatic rings. The Morgan fingerprint density at radius 1 is 1.50 bits per heavy atom. The van der Waals surface area contributed by atoms with E-state index in [0.29, 0.717) is 11.9 Å². The Bertz CT molecular complexity index is 470. The van der Waals surface area contributed by atoms with Gasteiger partial charge in [-0.2, -0.15) is 0 Å². The van der Waals surface area contributed by atoms with E-state index < -0.39 is 0 Å². The van der Waals surface area contributed by atoms with Crippen molar-refractivity contribution < 1.29 is 0 Å². The molecule has 0 saturated carbocycles. The van der Waals surface area contributed by atoms with Gasteiger partial charge in [-0.15, -0.1) is 0 Å². The zero-order valence-corrected chi connectivity index (χ0v) is 12.7. The molecule has 0 fully saturated rings. The molecule has 18 heavy (non-hydrogen) atoms. The maximum atomic E-state index is 6.04. The fraction of sp³-hybridized carbons (Fsp3) is 0.500. The fourth-order valence-corrected chi connectivity index (χ4v) is 2.79. The molecule has 1 aliphatic heterocycles. The van der Waals surface area contributed by atoms with E-state index in [1.54, 1.807) is 0 Å². The summed E-state index contributed by atoms with van der Waals surface area (Å²) >= 11 is 3.53. The van der Waals surface area contributed by atoms with E-state index >= 15 is 0 Å². The summed E-state index contributed by atoms with van der Waals surface area (Å²) in [6, 6.07) is 8.40.